The average Bonchev–Trinajstić information content (AvgIpc) is 3.00. The molecule has 4 aromatic rings. The van der Waals surface area contributed by atoms with Gasteiger partial charge < -0.3 is 4.98 Å². The number of benzene rings is 1. The summed E-state index contributed by atoms with van der Waals surface area (Å²) in [5.41, 5.74) is 1.15. The van der Waals surface area contributed by atoms with Gasteiger partial charge in [0, 0.05) is 27.9 Å². The molecule has 3 heterocycles. The Kier molecular flexibility index (Phi) is 3.80. The summed E-state index contributed by atoms with van der Waals surface area (Å²) >= 11 is 13.5. The van der Waals surface area contributed by atoms with Gasteiger partial charge in [0.15, 0.2) is 11.6 Å². The van der Waals surface area contributed by atoms with Gasteiger partial charge in [-0.2, -0.15) is 0 Å². The van der Waals surface area contributed by atoms with Crippen molar-refractivity contribution in [3.63, 3.8) is 0 Å². The Morgan fingerprint density at radius 1 is 1.08 bits per heavy atom. The van der Waals surface area contributed by atoms with Crippen molar-refractivity contribution in [3.8, 4) is 22.1 Å². The molecule has 0 saturated heterocycles. The molecule has 0 aliphatic rings. The quantitative estimate of drug-likeness (QED) is 0.563. The summed E-state index contributed by atoms with van der Waals surface area (Å²) < 4.78 is 0.524. The highest BCUT2D eigenvalue weighted by molar-refractivity contribution is 7.22. The van der Waals surface area contributed by atoms with Gasteiger partial charge in [0.05, 0.1) is 10.5 Å². The molecular formula is C16H8Cl2N4OS. The van der Waals surface area contributed by atoms with E-state index < -0.39 is 0 Å². The lowest BCUT2D eigenvalue weighted by molar-refractivity contribution is 1.08. The lowest BCUT2D eigenvalue weighted by atomic mass is 10.2. The van der Waals surface area contributed by atoms with Gasteiger partial charge in [-0.15, -0.1) is 11.3 Å². The Balaban J connectivity index is 1.90. The van der Waals surface area contributed by atoms with E-state index in [1.54, 1.807) is 30.6 Å². The minimum Gasteiger partial charge on any atom is -0.303 e. The molecule has 0 aliphatic heterocycles. The monoisotopic (exact) mass is 374 g/mol. The second-order valence-corrected chi connectivity index (χ2v) is 6.83. The standard InChI is InChI=1S/C16H8Cl2N4OS/c17-8-2-3-9(10(18)6-8)12-7-11-13(24-12)16(23)22-15(21-11)14-19-4-1-5-20-14/h1-7H,(H,21,22,23). The van der Waals surface area contributed by atoms with E-state index in [2.05, 4.69) is 19.9 Å². The minimum atomic E-state index is -0.233. The number of hydrogen-bond donors (Lipinski definition) is 1. The smallest absolute Gasteiger partial charge is 0.269 e. The zero-order valence-electron chi connectivity index (χ0n) is 12.0. The zero-order chi connectivity index (χ0) is 16.7. The van der Waals surface area contributed by atoms with E-state index in [0.29, 0.717) is 31.9 Å². The third-order valence-electron chi connectivity index (χ3n) is 3.36. The number of fused-ring (bicyclic) bond motifs is 1. The fourth-order valence-electron chi connectivity index (χ4n) is 2.29. The third-order valence-corrected chi connectivity index (χ3v) is 5.06. The number of H-pyrrole nitrogens is 1. The predicted molar refractivity (Wildman–Crippen MR) is 96.7 cm³/mol. The Bertz CT molecular complexity index is 1110. The van der Waals surface area contributed by atoms with Gasteiger partial charge in [0.2, 0.25) is 0 Å². The van der Waals surface area contributed by atoms with Gasteiger partial charge in [-0.05, 0) is 24.3 Å². The Labute approximate surface area is 150 Å². The van der Waals surface area contributed by atoms with Crippen LogP contribution in [0.25, 0.3) is 32.3 Å². The number of rotatable bonds is 2. The van der Waals surface area contributed by atoms with Crippen LogP contribution in [0.3, 0.4) is 0 Å². The van der Waals surface area contributed by atoms with E-state index in [1.807, 2.05) is 12.1 Å². The molecular weight excluding hydrogens is 367 g/mol. The Morgan fingerprint density at radius 3 is 2.62 bits per heavy atom. The molecule has 1 N–H and O–H groups in total. The van der Waals surface area contributed by atoms with Crippen LogP contribution in [-0.2, 0) is 0 Å². The van der Waals surface area contributed by atoms with Gasteiger partial charge in [-0.3, -0.25) is 4.79 Å². The molecule has 1 aromatic carbocycles. The number of hydrogen-bond acceptors (Lipinski definition) is 5. The number of nitrogens with one attached hydrogen (secondary N) is 1. The molecule has 0 aliphatic carbocycles. The molecule has 0 bridgehead atoms. The lowest BCUT2D eigenvalue weighted by Crippen LogP contribution is -2.08. The molecule has 4 rings (SSSR count). The molecule has 0 fully saturated rings. The highest BCUT2D eigenvalue weighted by Gasteiger charge is 2.14. The average molecular weight is 375 g/mol. The van der Waals surface area contributed by atoms with E-state index in [1.165, 1.54) is 11.3 Å². The number of aromatic amines is 1. The van der Waals surface area contributed by atoms with Crippen LogP contribution in [0, 0.1) is 0 Å². The van der Waals surface area contributed by atoms with Gasteiger partial charge in [-0.1, -0.05) is 29.3 Å². The molecule has 0 radical (unpaired) electrons. The Hall–Kier alpha value is -2.28. The van der Waals surface area contributed by atoms with Gasteiger partial charge in [0.1, 0.15) is 4.70 Å². The summed E-state index contributed by atoms with van der Waals surface area (Å²) in [5.74, 6) is 0.702. The predicted octanol–water partition coefficient (Wildman–Crippen LogP) is 4.42. The molecule has 24 heavy (non-hydrogen) atoms. The maximum absolute atomic E-state index is 12.4. The van der Waals surface area contributed by atoms with Crippen LogP contribution in [0.1, 0.15) is 0 Å². The third kappa shape index (κ3) is 2.69. The molecule has 118 valence electrons. The van der Waals surface area contributed by atoms with Crippen LogP contribution in [-0.4, -0.2) is 19.9 Å². The van der Waals surface area contributed by atoms with E-state index >= 15 is 0 Å². The molecule has 3 aromatic heterocycles. The number of thiophene rings is 1. The van der Waals surface area contributed by atoms with Crippen LogP contribution >= 0.6 is 34.5 Å². The summed E-state index contributed by atoms with van der Waals surface area (Å²) in [5, 5.41) is 1.08. The first-order chi connectivity index (χ1) is 11.6. The van der Waals surface area contributed by atoms with Crippen molar-refractivity contribution >= 4 is 44.8 Å². The molecule has 0 amide bonds. The SMILES string of the molecule is O=c1[nH]c(-c2ncccn2)nc2cc(-c3ccc(Cl)cc3Cl)sc12. The lowest BCUT2D eigenvalue weighted by Gasteiger charge is -2.00. The van der Waals surface area contributed by atoms with Crippen molar-refractivity contribution in [1.82, 2.24) is 19.9 Å². The first-order valence-electron chi connectivity index (χ1n) is 6.88. The first kappa shape index (κ1) is 15.3. The molecule has 0 atom stereocenters. The number of halogens is 2. The minimum absolute atomic E-state index is 0.233. The molecule has 0 spiro atoms. The summed E-state index contributed by atoms with van der Waals surface area (Å²) in [6, 6.07) is 8.78. The van der Waals surface area contributed by atoms with E-state index in [0.717, 1.165) is 10.4 Å². The van der Waals surface area contributed by atoms with Crippen molar-refractivity contribution in [1.29, 1.82) is 0 Å². The maximum Gasteiger partial charge on any atom is 0.269 e. The van der Waals surface area contributed by atoms with Crippen molar-refractivity contribution in [2.75, 3.05) is 0 Å². The first-order valence-corrected chi connectivity index (χ1v) is 8.46. The number of nitrogens with zero attached hydrogens (tertiary/aromatic N) is 3. The second-order valence-electron chi connectivity index (χ2n) is 4.94. The van der Waals surface area contributed by atoms with Gasteiger partial charge >= 0.3 is 0 Å². The van der Waals surface area contributed by atoms with E-state index in [9.17, 15) is 4.79 Å². The molecule has 0 unspecified atom stereocenters. The van der Waals surface area contributed by atoms with Gasteiger partial charge in [0.25, 0.3) is 5.56 Å². The van der Waals surface area contributed by atoms with Crippen LogP contribution in [0.4, 0.5) is 0 Å². The highest BCUT2D eigenvalue weighted by atomic mass is 35.5. The highest BCUT2D eigenvalue weighted by Crippen LogP contribution is 2.36. The van der Waals surface area contributed by atoms with Crippen LogP contribution in [0.2, 0.25) is 10.0 Å². The second kappa shape index (κ2) is 5.98. The van der Waals surface area contributed by atoms with Crippen molar-refractivity contribution in [2.24, 2.45) is 0 Å². The van der Waals surface area contributed by atoms with Crippen molar-refractivity contribution in [2.45, 2.75) is 0 Å². The fourth-order valence-corrected chi connectivity index (χ4v) is 3.89. The maximum atomic E-state index is 12.4. The summed E-state index contributed by atoms with van der Waals surface area (Å²) in [7, 11) is 0. The zero-order valence-corrected chi connectivity index (χ0v) is 14.3. The number of aromatic nitrogens is 4. The van der Waals surface area contributed by atoms with E-state index in [4.69, 9.17) is 23.2 Å². The normalized spacial score (nSPS) is 11.1. The summed E-state index contributed by atoms with van der Waals surface area (Å²) in [4.78, 5) is 28.6. The molecule has 0 saturated carbocycles. The van der Waals surface area contributed by atoms with Crippen LogP contribution in [0.15, 0.2) is 47.5 Å². The topological polar surface area (TPSA) is 71.5 Å². The van der Waals surface area contributed by atoms with Crippen molar-refractivity contribution in [3.05, 3.63) is 63.1 Å². The van der Waals surface area contributed by atoms with Crippen LogP contribution in [0.5, 0.6) is 0 Å². The molecule has 5 nitrogen and oxygen atoms in total. The Morgan fingerprint density at radius 2 is 1.88 bits per heavy atom. The summed E-state index contributed by atoms with van der Waals surface area (Å²) in [6.45, 7) is 0. The largest absolute Gasteiger partial charge is 0.303 e. The summed E-state index contributed by atoms with van der Waals surface area (Å²) in [6.07, 6.45) is 3.19. The molecule has 8 heteroatoms. The van der Waals surface area contributed by atoms with Crippen LogP contribution < -0.4 is 5.56 Å². The van der Waals surface area contributed by atoms with E-state index in [-0.39, 0.29) is 5.56 Å². The fraction of sp³-hybridized carbons (Fsp3) is 0. The van der Waals surface area contributed by atoms with Crippen molar-refractivity contribution < 1.29 is 0 Å². The van der Waals surface area contributed by atoms with Gasteiger partial charge in [-0.25, -0.2) is 15.0 Å².